The van der Waals surface area contributed by atoms with E-state index >= 15 is 0 Å². The van der Waals surface area contributed by atoms with E-state index in [1.165, 1.54) is 17.2 Å². The first kappa shape index (κ1) is 11.7. The summed E-state index contributed by atoms with van der Waals surface area (Å²) in [7, 11) is 0. The molecule has 2 heterocycles. The van der Waals surface area contributed by atoms with Crippen LogP contribution in [0.3, 0.4) is 0 Å². The van der Waals surface area contributed by atoms with Gasteiger partial charge in [0, 0.05) is 58.6 Å². The summed E-state index contributed by atoms with van der Waals surface area (Å²) in [6, 6.07) is 6.70. The minimum atomic E-state index is 0.566. The van der Waals surface area contributed by atoms with Gasteiger partial charge < -0.3 is 10.6 Å². The van der Waals surface area contributed by atoms with E-state index in [4.69, 9.17) is 5.73 Å². The molecule has 2 aromatic rings. The summed E-state index contributed by atoms with van der Waals surface area (Å²) in [5.41, 5.74) is 8.13. The second-order valence-corrected chi connectivity index (χ2v) is 5.86. The lowest BCUT2D eigenvalue weighted by molar-refractivity contribution is 0.702. The molecule has 0 spiro atoms. The molecule has 1 fully saturated rings. The summed E-state index contributed by atoms with van der Waals surface area (Å²) in [6.07, 6.45) is 3.73. The summed E-state index contributed by atoms with van der Waals surface area (Å²) >= 11 is 2.03. The molecule has 3 nitrogen and oxygen atoms in total. The molecule has 0 radical (unpaired) electrons. The summed E-state index contributed by atoms with van der Waals surface area (Å²) in [5.74, 6) is 2.38. The van der Waals surface area contributed by atoms with E-state index < -0.39 is 0 Å². The molecule has 1 aliphatic heterocycles. The number of hydrogen-bond acceptors (Lipinski definition) is 4. The van der Waals surface area contributed by atoms with Crippen molar-refractivity contribution in [3.05, 3.63) is 30.6 Å². The van der Waals surface area contributed by atoms with Gasteiger partial charge in [0.1, 0.15) is 0 Å². The van der Waals surface area contributed by atoms with Crippen molar-refractivity contribution in [2.45, 2.75) is 13.0 Å². The zero-order valence-electron chi connectivity index (χ0n) is 10.5. The second kappa shape index (κ2) is 4.69. The normalized spacial score (nSPS) is 20.3. The number of rotatable bonds is 1. The number of aromatic nitrogens is 1. The third kappa shape index (κ3) is 1.90. The number of benzene rings is 1. The Balaban J connectivity index is 2.14. The van der Waals surface area contributed by atoms with Crippen LogP contribution in [0.2, 0.25) is 0 Å². The highest BCUT2D eigenvalue weighted by atomic mass is 32.2. The number of fused-ring (bicyclic) bond motifs is 1. The van der Waals surface area contributed by atoms with Gasteiger partial charge in [0.05, 0.1) is 0 Å². The van der Waals surface area contributed by atoms with E-state index in [1.54, 1.807) is 6.20 Å². The topological polar surface area (TPSA) is 42.1 Å². The van der Waals surface area contributed by atoms with E-state index in [0.29, 0.717) is 6.04 Å². The van der Waals surface area contributed by atoms with Gasteiger partial charge in [-0.3, -0.25) is 4.98 Å². The molecule has 1 saturated heterocycles. The number of thioether (sulfide) groups is 1. The van der Waals surface area contributed by atoms with Crippen LogP contribution in [0.15, 0.2) is 30.6 Å². The maximum Gasteiger partial charge on any atom is 0.0466 e. The number of nitrogens with zero attached hydrogens (tertiary/aromatic N) is 2. The molecule has 0 amide bonds. The Morgan fingerprint density at radius 2 is 2.22 bits per heavy atom. The Labute approximate surface area is 111 Å². The van der Waals surface area contributed by atoms with Gasteiger partial charge in [-0.2, -0.15) is 11.8 Å². The third-order valence-electron chi connectivity index (χ3n) is 3.51. The molecule has 1 aromatic heterocycles. The Morgan fingerprint density at radius 3 is 3.06 bits per heavy atom. The third-order valence-corrected chi connectivity index (χ3v) is 4.70. The minimum absolute atomic E-state index is 0.566. The van der Waals surface area contributed by atoms with E-state index in [-0.39, 0.29) is 0 Å². The van der Waals surface area contributed by atoms with E-state index in [0.717, 1.165) is 23.0 Å². The predicted molar refractivity (Wildman–Crippen MR) is 80.3 cm³/mol. The van der Waals surface area contributed by atoms with Gasteiger partial charge in [-0.25, -0.2) is 0 Å². The van der Waals surface area contributed by atoms with Crippen molar-refractivity contribution in [2.24, 2.45) is 0 Å². The van der Waals surface area contributed by atoms with Crippen LogP contribution in [-0.4, -0.2) is 29.1 Å². The molecule has 94 valence electrons. The zero-order chi connectivity index (χ0) is 12.5. The van der Waals surface area contributed by atoms with Crippen LogP contribution in [0.4, 0.5) is 11.4 Å². The summed E-state index contributed by atoms with van der Waals surface area (Å²) in [6.45, 7) is 3.38. The number of hydrogen-bond donors (Lipinski definition) is 1. The van der Waals surface area contributed by atoms with Gasteiger partial charge in [0.15, 0.2) is 0 Å². The molecule has 4 heteroatoms. The molecule has 0 aliphatic carbocycles. The highest BCUT2D eigenvalue weighted by molar-refractivity contribution is 7.99. The van der Waals surface area contributed by atoms with Crippen LogP contribution in [0, 0.1) is 0 Å². The van der Waals surface area contributed by atoms with Gasteiger partial charge in [-0.05, 0) is 25.1 Å². The average Bonchev–Trinajstić information content (AvgIpc) is 2.41. The fourth-order valence-corrected chi connectivity index (χ4v) is 3.55. The highest BCUT2D eigenvalue weighted by Crippen LogP contribution is 2.33. The summed E-state index contributed by atoms with van der Waals surface area (Å²) in [5, 5.41) is 2.27. The van der Waals surface area contributed by atoms with Crippen LogP contribution in [0.1, 0.15) is 6.92 Å². The Hall–Kier alpha value is -1.42. The van der Waals surface area contributed by atoms with Crippen molar-refractivity contribution in [3.63, 3.8) is 0 Å². The van der Waals surface area contributed by atoms with E-state index in [2.05, 4.69) is 22.9 Å². The molecule has 1 aromatic carbocycles. The van der Waals surface area contributed by atoms with Crippen LogP contribution >= 0.6 is 11.8 Å². The van der Waals surface area contributed by atoms with Gasteiger partial charge in [-0.15, -0.1) is 0 Å². The molecule has 0 saturated carbocycles. The first-order valence-corrected chi connectivity index (χ1v) is 7.39. The van der Waals surface area contributed by atoms with Crippen molar-refractivity contribution in [3.8, 4) is 0 Å². The fourth-order valence-electron chi connectivity index (χ4n) is 2.53. The Morgan fingerprint density at radius 1 is 1.33 bits per heavy atom. The van der Waals surface area contributed by atoms with Gasteiger partial charge in [0.2, 0.25) is 0 Å². The maximum atomic E-state index is 6.04. The molecule has 3 rings (SSSR count). The number of pyridine rings is 1. The standard InChI is InChI=1S/C14H17N3S/c1-10-9-18-7-6-17(10)14-3-2-13(15)11-4-5-16-8-12(11)14/h2-5,8,10H,6-7,9,15H2,1H3. The fraction of sp³-hybridized carbons (Fsp3) is 0.357. The molecule has 1 aliphatic rings. The monoisotopic (exact) mass is 259 g/mol. The highest BCUT2D eigenvalue weighted by Gasteiger charge is 2.20. The Kier molecular flexibility index (Phi) is 3.04. The number of nitrogens with two attached hydrogens (primary N) is 1. The first-order valence-electron chi connectivity index (χ1n) is 6.24. The van der Waals surface area contributed by atoms with Crippen LogP contribution in [0.25, 0.3) is 10.8 Å². The lowest BCUT2D eigenvalue weighted by Crippen LogP contribution is -2.40. The first-order chi connectivity index (χ1) is 8.77. The Bertz CT molecular complexity index is 570. The summed E-state index contributed by atoms with van der Waals surface area (Å²) in [4.78, 5) is 6.72. The largest absolute Gasteiger partial charge is 0.398 e. The molecular weight excluding hydrogens is 242 g/mol. The van der Waals surface area contributed by atoms with Crippen LogP contribution in [0.5, 0.6) is 0 Å². The summed E-state index contributed by atoms with van der Waals surface area (Å²) < 4.78 is 0. The lowest BCUT2D eigenvalue weighted by Gasteiger charge is -2.35. The zero-order valence-corrected chi connectivity index (χ0v) is 11.3. The molecule has 1 unspecified atom stereocenters. The lowest BCUT2D eigenvalue weighted by atomic mass is 10.1. The van der Waals surface area contributed by atoms with Crippen molar-refractivity contribution in [1.29, 1.82) is 0 Å². The van der Waals surface area contributed by atoms with Gasteiger partial charge in [0.25, 0.3) is 0 Å². The molecular formula is C14H17N3S. The minimum Gasteiger partial charge on any atom is -0.398 e. The SMILES string of the molecule is CC1CSCCN1c1ccc(N)c2ccncc12. The van der Waals surface area contributed by atoms with Crippen molar-refractivity contribution in [2.75, 3.05) is 28.7 Å². The maximum absolute atomic E-state index is 6.04. The van der Waals surface area contributed by atoms with Crippen LogP contribution in [-0.2, 0) is 0 Å². The molecule has 18 heavy (non-hydrogen) atoms. The molecule has 2 N–H and O–H groups in total. The van der Waals surface area contributed by atoms with Crippen LogP contribution < -0.4 is 10.6 Å². The van der Waals surface area contributed by atoms with Gasteiger partial charge >= 0.3 is 0 Å². The van der Waals surface area contributed by atoms with E-state index in [1.807, 2.05) is 30.1 Å². The van der Waals surface area contributed by atoms with Crippen molar-refractivity contribution >= 4 is 33.9 Å². The number of anilines is 2. The van der Waals surface area contributed by atoms with Crippen molar-refractivity contribution < 1.29 is 0 Å². The average molecular weight is 259 g/mol. The molecule has 0 bridgehead atoms. The smallest absolute Gasteiger partial charge is 0.0466 e. The quantitative estimate of drug-likeness (QED) is 0.800. The van der Waals surface area contributed by atoms with Crippen molar-refractivity contribution in [1.82, 2.24) is 4.98 Å². The molecule has 1 atom stereocenters. The predicted octanol–water partition coefficient (Wildman–Crippen LogP) is 2.76. The van der Waals surface area contributed by atoms with E-state index in [9.17, 15) is 0 Å². The number of nitrogen functional groups attached to an aromatic ring is 1. The second-order valence-electron chi connectivity index (χ2n) is 4.71. The van der Waals surface area contributed by atoms with Gasteiger partial charge in [-0.1, -0.05) is 0 Å².